The summed E-state index contributed by atoms with van der Waals surface area (Å²) in [5.41, 5.74) is 10.9. The molecule has 8 aromatic carbocycles. The average Bonchev–Trinajstić information content (AvgIpc) is 3.70. The van der Waals surface area contributed by atoms with Gasteiger partial charge < -0.3 is 13.9 Å². The number of para-hydroxylation sites is 2. The molecule has 0 aliphatic heterocycles. The summed E-state index contributed by atoms with van der Waals surface area (Å²) in [5, 5.41) is 7.26. The second-order valence-corrected chi connectivity index (χ2v) is 12.6. The zero-order chi connectivity index (χ0) is 32.3. The van der Waals surface area contributed by atoms with Crippen molar-refractivity contribution in [2.24, 2.45) is 0 Å². The van der Waals surface area contributed by atoms with Gasteiger partial charge in [0.2, 0.25) is 0 Å². The summed E-state index contributed by atoms with van der Waals surface area (Å²) in [6.07, 6.45) is 0. The van der Waals surface area contributed by atoms with Crippen molar-refractivity contribution in [3.63, 3.8) is 0 Å². The Bertz CT molecular complexity index is 2810. The lowest BCUT2D eigenvalue weighted by atomic mass is 10.0. The summed E-state index contributed by atoms with van der Waals surface area (Å²) in [6.45, 7) is 0. The lowest BCUT2D eigenvalue weighted by Gasteiger charge is -2.26. The van der Waals surface area contributed by atoms with Crippen molar-refractivity contribution in [1.82, 2.24) is 4.57 Å². The standard InChI is InChI=1S/C46H30N2O/c1-2-10-31(11-3-1)32-18-20-35(21-19-32)47(38-26-27-41-40-15-7-9-17-45(40)49-46(41)30-38)36-22-24-37(25-23-36)48-43-16-8-6-14-39(43)42-28-33-12-4-5-13-34(33)29-44(42)48/h1-30H. The molecule has 0 aliphatic carbocycles. The third kappa shape index (κ3) is 4.51. The zero-order valence-electron chi connectivity index (χ0n) is 26.6. The van der Waals surface area contributed by atoms with Gasteiger partial charge in [0.05, 0.1) is 11.0 Å². The molecule has 0 fully saturated rings. The predicted molar refractivity (Wildman–Crippen MR) is 206 cm³/mol. The van der Waals surface area contributed by atoms with Gasteiger partial charge in [-0.15, -0.1) is 0 Å². The number of aromatic nitrogens is 1. The van der Waals surface area contributed by atoms with Crippen LogP contribution in [-0.2, 0) is 0 Å². The van der Waals surface area contributed by atoms with Gasteiger partial charge in [-0.3, -0.25) is 0 Å². The summed E-state index contributed by atoms with van der Waals surface area (Å²) < 4.78 is 8.73. The molecule has 0 aliphatic rings. The SMILES string of the molecule is c1ccc(-c2ccc(N(c3ccc(-n4c5ccccc5c5cc6ccccc6cc54)cc3)c3ccc4c(c3)oc3ccccc34)cc2)cc1. The average molecular weight is 627 g/mol. The molecule has 0 saturated heterocycles. The minimum atomic E-state index is 0.874. The highest BCUT2D eigenvalue weighted by Gasteiger charge is 2.18. The molecular formula is C46H30N2O. The molecule has 49 heavy (non-hydrogen) atoms. The van der Waals surface area contributed by atoms with E-state index < -0.39 is 0 Å². The van der Waals surface area contributed by atoms with Gasteiger partial charge in [0.15, 0.2) is 0 Å². The highest BCUT2D eigenvalue weighted by Crippen LogP contribution is 2.40. The van der Waals surface area contributed by atoms with Crippen molar-refractivity contribution in [2.75, 3.05) is 4.90 Å². The molecule has 0 amide bonds. The summed E-state index contributed by atoms with van der Waals surface area (Å²) >= 11 is 0. The van der Waals surface area contributed by atoms with Gasteiger partial charge in [0, 0.05) is 50.4 Å². The van der Waals surface area contributed by atoms with Crippen LogP contribution in [-0.4, -0.2) is 4.57 Å². The van der Waals surface area contributed by atoms with Crippen LogP contribution in [0.25, 0.3) is 71.3 Å². The first kappa shape index (κ1) is 27.5. The minimum absolute atomic E-state index is 0.874. The Labute approximate surface area is 283 Å². The smallest absolute Gasteiger partial charge is 0.137 e. The minimum Gasteiger partial charge on any atom is -0.456 e. The van der Waals surface area contributed by atoms with Crippen LogP contribution in [0.1, 0.15) is 0 Å². The Hall–Kier alpha value is -6.58. The first-order chi connectivity index (χ1) is 24.3. The number of rotatable bonds is 5. The van der Waals surface area contributed by atoms with E-state index in [1.807, 2.05) is 12.1 Å². The Morgan fingerprint density at radius 3 is 1.76 bits per heavy atom. The molecule has 0 saturated carbocycles. The number of fused-ring (bicyclic) bond motifs is 7. The summed E-state index contributed by atoms with van der Waals surface area (Å²) in [6, 6.07) is 65.0. The Morgan fingerprint density at radius 1 is 0.367 bits per heavy atom. The molecule has 10 aromatic rings. The molecule has 0 spiro atoms. The number of hydrogen-bond acceptors (Lipinski definition) is 2. The Kier molecular flexibility index (Phi) is 6.18. The van der Waals surface area contributed by atoms with Crippen LogP contribution in [0.2, 0.25) is 0 Å². The first-order valence-corrected chi connectivity index (χ1v) is 16.7. The fraction of sp³-hybridized carbons (Fsp3) is 0. The quantitative estimate of drug-likeness (QED) is 0.190. The molecule has 10 rings (SSSR count). The van der Waals surface area contributed by atoms with E-state index in [2.05, 4.69) is 179 Å². The van der Waals surface area contributed by atoms with Gasteiger partial charge in [-0.2, -0.15) is 0 Å². The van der Waals surface area contributed by atoms with Crippen molar-refractivity contribution in [3.8, 4) is 16.8 Å². The van der Waals surface area contributed by atoms with Crippen LogP contribution >= 0.6 is 0 Å². The molecule has 3 nitrogen and oxygen atoms in total. The number of nitrogens with zero attached hydrogens (tertiary/aromatic N) is 2. The molecule has 0 bridgehead atoms. The third-order valence-corrected chi connectivity index (χ3v) is 9.76. The van der Waals surface area contributed by atoms with E-state index in [1.54, 1.807) is 0 Å². The Morgan fingerprint density at radius 2 is 0.959 bits per heavy atom. The molecule has 0 radical (unpaired) electrons. The van der Waals surface area contributed by atoms with Gasteiger partial charge in [-0.1, -0.05) is 103 Å². The van der Waals surface area contributed by atoms with Crippen LogP contribution in [0.4, 0.5) is 17.1 Å². The van der Waals surface area contributed by atoms with Crippen LogP contribution < -0.4 is 4.90 Å². The van der Waals surface area contributed by atoms with Gasteiger partial charge >= 0.3 is 0 Å². The predicted octanol–water partition coefficient (Wildman–Crippen LogP) is 13.0. The van der Waals surface area contributed by atoms with E-state index in [0.717, 1.165) is 44.7 Å². The van der Waals surface area contributed by atoms with Crippen LogP contribution in [0.15, 0.2) is 186 Å². The third-order valence-electron chi connectivity index (χ3n) is 9.76. The maximum Gasteiger partial charge on any atom is 0.137 e. The van der Waals surface area contributed by atoms with Crippen molar-refractivity contribution < 1.29 is 4.42 Å². The highest BCUT2D eigenvalue weighted by atomic mass is 16.3. The molecular weight excluding hydrogens is 597 g/mol. The lowest BCUT2D eigenvalue weighted by Crippen LogP contribution is -2.10. The van der Waals surface area contributed by atoms with Crippen molar-refractivity contribution in [3.05, 3.63) is 182 Å². The van der Waals surface area contributed by atoms with E-state index in [-0.39, 0.29) is 0 Å². The maximum atomic E-state index is 6.34. The number of anilines is 3. The second-order valence-electron chi connectivity index (χ2n) is 12.6. The lowest BCUT2D eigenvalue weighted by molar-refractivity contribution is 0.669. The van der Waals surface area contributed by atoms with Crippen LogP contribution in [0.3, 0.4) is 0 Å². The largest absolute Gasteiger partial charge is 0.456 e. The maximum absolute atomic E-state index is 6.34. The summed E-state index contributed by atoms with van der Waals surface area (Å²) in [5.74, 6) is 0. The van der Waals surface area contributed by atoms with Crippen LogP contribution in [0, 0.1) is 0 Å². The van der Waals surface area contributed by atoms with E-state index in [1.165, 1.54) is 43.7 Å². The molecule has 0 unspecified atom stereocenters. The fourth-order valence-corrected chi connectivity index (χ4v) is 7.42. The van der Waals surface area contributed by atoms with E-state index >= 15 is 0 Å². The van der Waals surface area contributed by atoms with Crippen molar-refractivity contribution in [1.29, 1.82) is 0 Å². The Balaban J connectivity index is 1.12. The van der Waals surface area contributed by atoms with E-state index in [4.69, 9.17) is 4.42 Å². The molecule has 230 valence electrons. The highest BCUT2D eigenvalue weighted by molar-refractivity contribution is 6.13. The van der Waals surface area contributed by atoms with Gasteiger partial charge in [-0.25, -0.2) is 0 Å². The number of hydrogen-bond donors (Lipinski definition) is 0. The molecule has 0 atom stereocenters. The fourth-order valence-electron chi connectivity index (χ4n) is 7.42. The molecule has 3 heteroatoms. The van der Waals surface area contributed by atoms with Crippen molar-refractivity contribution >= 4 is 71.6 Å². The molecule has 2 heterocycles. The first-order valence-electron chi connectivity index (χ1n) is 16.7. The summed E-state index contributed by atoms with van der Waals surface area (Å²) in [4.78, 5) is 2.31. The summed E-state index contributed by atoms with van der Waals surface area (Å²) in [7, 11) is 0. The van der Waals surface area contributed by atoms with E-state index in [0.29, 0.717) is 0 Å². The monoisotopic (exact) mass is 626 g/mol. The van der Waals surface area contributed by atoms with Crippen molar-refractivity contribution in [2.45, 2.75) is 0 Å². The van der Waals surface area contributed by atoms with Gasteiger partial charge in [-0.05, 0) is 94.7 Å². The molecule has 0 N–H and O–H groups in total. The van der Waals surface area contributed by atoms with Gasteiger partial charge in [0.25, 0.3) is 0 Å². The number of furan rings is 1. The molecule has 2 aromatic heterocycles. The second kappa shape index (κ2) is 11.0. The van der Waals surface area contributed by atoms with Crippen LogP contribution in [0.5, 0.6) is 0 Å². The van der Waals surface area contributed by atoms with E-state index in [9.17, 15) is 0 Å². The number of benzene rings is 8. The van der Waals surface area contributed by atoms with Gasteiger partial charge in [0.1, 0.15) is 11.2 Å². The normalized spacial score (nSPS) is 11.7. The zero-order valence-corrected chi connectivity index (χ0v) is 26.6. The topological polar surface area (TPSA) is 21.3 Å².